The van der Waals surface area contributed by atoms with Gasteiger partial charge >= 0.3 is 0 Å². The van der Waals surface area contributed by atoms with E-state index in [1.807, 2.05) is 0 Å². The molecule has 0 bridgehead atoms. The van der Waals surface area contributed by atoms with Gasteiger partial charge in [0.15, 0.2) is 0 Å². The highest BCUT2D eigenvalue weighted by molar-refractivity contribution is 4.73. The maximum atomic E-state index is 3.55. The van der Waals surface area contributed by atoms with Crippen LogP contribution in [0.5, 0.6) is 0 Å². The van der Waals surface area contributed by atoms with Gasteiger partial charge in [-0.3, -0.25) is 10.6 Å². The summed E-state index contributed by atoms with van der Waals surface area (Å²) >= 11 is 0. The predicted octanol–water partition coefficient (Wildman–Crippen LogP) is 2.35. The summed E-state index contributed by atoms with van der Waals surface area (Å²) in [6.07, 6.45) is 1.66. The smallest absolute Gasteiger partial charge is 0.0601 e. The van der Waals surface area contributed by atoms with E-state index in [4.69, 9.17) is 0 Å². The van der Waals surface area contributed by atoms with E-state index < -0.39 is 0 Å². The van der Waals surface area contributed by atoms with Crippen molar-refractivity contribution in [1.29, 1.82) is 0 Å². The Morgan fingerprint density at radius 3 is 1.46 bits per heavy atom. The van der Waals surface area contributed by atoms with E-state index in [0.717, 1.165) is 0 Å². The molecule has 0 amide bonds. The summed E-state index contributed by atoms with van der Waals surface area (Å²) in [6.45, 7) is 13.3. The zero-order valence-electron chi connectivity index (χ0n) is 10.0. The first-order chi connectivity index (χ1) is 5.97. The third-order valence-corrected chi connectivity index (χ3v) is 2.24. The molecular weight excluding hydrogens is 160 g/mol. The molecule has 0 saturated carbocycles. The van der Waals surface area contributed by atoms with Crippen LogP contribution in [0.3, 0.4) is 0 Å². The van der Waals surface area contributed by atoms with Crippen molar-refractivity contribution in [2.45, 2.75) is 66.2 Å². The molecule has 1 unspecified atom stereocenters. The summed E-state index contributed by atoms with van der Waals surface area (Å²) in [4.78, 5) is 0. The van der Waals surface area contributed by atoms with E-state index in [2.05, 4.69) is 52.2 Å². The Balaban J connectivity index is 4.02. The van der Waals surface area contributed by atoms with E-state index in [0.29, 0.717) is 24.2 Å². The van der Waals surface area contributed by atoms with Crippen LogP contribution >= 0.6 is 0 Å². The largest absolute Gasteiger partial charge is 0.299 e. The van der Waals surface area contributed by atoms with Gasteiger partial charge < -0.3 is 0 Å². The molecule has 0 aromatic heterocycles. The minimum atomic E-state index is 0.449. The molecule has 1 atom stereocenters. The number of nitrogens with one attached hydrogen (secondary N) is 2. The Morgan fingerprint density at radius 2 is 1.23 bits per heavy atom. The van der Waals surface area contributed by atoms with Crippen molar-refractivity contribution in [2.75, 3.05) is 0 Å². The molecule has 80 valence electrons. The third-order valence-electron chi connectivity index (χ3n) is 2.24. The Kier molecular flexibility index (Phi) is 6.35. The molecule has 0 aliphatic rings. The summed E-state index contributed by atoms with van der Waals surface area (Å²) in [6, 6.07) is 1.09. The molecule has 0 radical (unpaired) electrons. The van der Waals surface area contributed by atoms with Gasteiger partial charge in [0.25, 0.3) is 0 Å². The molecule has 2 heteroatoms. The van der Waals surface area contributed by atoms with E-state index in [9.17, 15) is 0 Å². The van der Waals surface area contributed by atoms with Gasteiger partial charge in [-0.15, -0.1) is 0 Å². The average molecular weight is 186 g/mol. The van der Waals surface area contributed by atoms with Crippen LogP contribution in [0.15, 0.2) is 0 Å². The van der Waals surface area contributed by atoms with Crippen LogP contribution in [0.1, 0.15) is 48.0 Å². The van der Waals surface area contributed by atoms with Gasteiger partial charge in [0, 0.05) is 12.1 Å². The Morgan fingerprint density at radius 1 is 0.846 bits per heavy atom. The van der Waals surface area contributed by atoms with Gasteiger partial charge in [-0.05, 0) is 33.6 Å². The highest BCUT2D eigenvalue weighted by Crippen LogP contribution is 2.06. The van der Waals surface area contributed by atoms with Crippen molar-refractivity contribution >= 4 is 0 Å². The zero-order chi connectivity index (χ0) is 10.4. The topological polar surface area (TPSA) is 24.1 Å². The first-order valence-electron chi connectivity index (χ1n) is 5.49. The normalized spacial score (nSPS) is 14.5. The lowest BCUT2D eigenvalue weighted by atomic mass is 10.0. The summed E-state index contributed by atoms with van der Waals surface area (Å²) in [5, 5.41) is 7.10. The Hall–Kier alpha value is -0.0800. The minimum Gasteiger partial charge on any atom is -0.299 e. The van der Waals surface area contributed by atoms with Crippen molar-refractivity contribution in [3.63, 3.8) is 0 Å². The molecule has 0 rings (SSSR count). The van der Waals surface area contributed by atoms with Gasteiger partial charge in [-0.2, -0.15) is 0 Å². The van der Waals surface area contributed by atoms with Gasteiger partial charge in [-0.25, -0.2) is 0 Å². The molecule has 2 N–H and O–H groups in total. The first kappa shape index (κ1) is 12.9. The van der Waals surface area contributed by atoms with Crippen molar-refractivity contribution in [2.24, 2.45) is 5.92 Å². The molecular formula is C11H26N2. The summed E-state index contributed by atoms with van der Waals surface area (Å²) in [7, 11) is 0. The predicted molar refractivity (Wildman–Crippen MR) is 59.8 cm³/mol. The van der Waals surface area contributed by atoms with Gasteiger partial charge in [0.05, 0.1) is 6.17 Å². The van der Waals surface area contributed by atoms with E-state index in [-0.39, 0.29) is 0 Å². The van der Waals surface area contributed by atoms with Crippen LogP contribution in [0.25, 0.3) is 0 Å². The van der Waals surface area contributed by atoms with Gasteiger partial charge in [-0.1, -0.05) is 20.3 Å². The average Bonchev–Trinajstić information content (AvgIpc) is 2.00. The second-order valence-corrected chi connectivity index (χ2v) is 4.51. The molecule has 13 heavy (non-hydrogen) atoms. The highest BCUT2D eigenvalue weighted by Gasteiger charge is 2.16. The fourth-order valence-electron chi connectivity index (χ4n) is 1.33. The number of hydrogen-bond donors (Lipinski definition) is 2. The summed E-state index contributed by atoms with van der Waals surface area (Å²) in [5.74, 6) is 0.685. The van der Waals surface area contributed by atoms with Crippen LogP contribution in [0.4, 0.5) is 0 Å². The molecule has 0 aromatic carbocycles. The quantitative estimate of drug-likeness (QED) is 0.622. The number of rotatable bonds is 6. The molecule has 2 nitrogen and oxygen atoms in total. The van der Waals surface area contributed by atoms with Crippen LogP contribution in [0.2, 0.25) is 0 Å². The third kappa shape index (κ3) is 6.05. The van der Waals surface area contributed by atoms with Crippen LogP contribution in [0, 0.1) is 5.92 Å². The van der Waals surface area contributed by atoms with Crippen molar-refractivity contribution in [1.82, 2.24) is 10.6 Å². The monoisotopic (exact) mass is 186 g/mol. The Labute approximate surface area is 83.5 Å². The standard InChI is InChI=1S/C11H26N2/c1-7-10(6)11(12-8(2)3)13-9(4)5/h8-13H,7H2,1-6H3. The van der Waals surface area contributed by atoms with E-state index in [1.54, 1.807) is 0 Å². The molecule has 0 heterocycles. The van der Waals surface area contributed by atoms with E-state index in [1.165, 1.54) is 6.42 Å². The van der Waals surface area contributed by atoms with Gasteiger partial charge in [0.2, 0.25) is 0 Å². The lowest BCUT2D eigenvalue weighted by molar-refractivity contribution is 0.274. The lowest BCUT2D eigenvalue weighted by Crippen LogP contribution is -2.51. The molecule has 0 saturated heterocycles. The Bertz CT molecular complexity index is 111. The van der Waals surface area contributed by atoms with Crippen LogP contribution in [-0.2, 0) is 0 Å². The summed E-state index contributed by atoms with van der Waals surface area (Å²) < 4.78 is 0. The molecule has 0 fully saturated rings. The summed E-state index contributed by atoms with van der Waals surface area (Å²) in [5.41, 5.74) is 0. The fourth-order valence-corrected chi connectivity index (χ4v) is 1.33. The number of hydrogen-bond acceptors (Lipinski definition) is 2. The van der Waals surface area contributed by atoms with Crippen molar-refractivity contribution in [3.8, 4) is 0 Å². The van der Waals surface area contributed by atoms with E-state index >= 15 is 0 Å². The SMILES string of the molecule is CCC(C)C(NC(C)C)NC(C)C. The maximum absolute atomic E-state index is 3.55. The van der Waals surface area contributed by atoms with Gasteiger partial charge in [0.1, 0.15) is 0 Å². The lowest BCUT2D eigenvalue weighted by Gasteiger charge is -2.29. The zero-order valence-corrected chi connectivity index (χ0v) is 10.0. The molecule has 0 spiro atoms. The van der Waals surface area contributed by atoms with Crippen molar-refractivity contribution < 1.29 is 0 Å². The highest BCUT2D eigenvalue weighted by atomic mass is 15.1. The molecule has 0 aromatic rings. The van der Waals surface area contributed by atoms with Crippen LogP contribution in [-0.4, -0.2) is 18.2 Å². The first-order valence-corrected chi connectivity index (χ1v) is 5.49. The molecule has 0 aliphatic heterocycles. The van der Waals surface area contributed by atoms with Crippen molar-refractivity contribution in [3.05, 3.63) is 0 Å². The second kappa shape index (κ2) is 6.39. The minimum absolute atomic E-state index is 0.449. The second-order valence-electron chi connectivity index (χ2n) is 4.51. The fraction of sp³-hybridized carbons (Fsp3) is 1.00. The molecule has 0 aliphatic carbocycles. The van der Waals surface area contributed by atoms with Crippen LogP contribution < -0.4 is 10.6 Å². The maximum Gasteiger partial charge on any atom is 0.0601 e.